The van der Waals surface area contributed by atoms with Crippen LogP contribution in [-0.2, 0) is 29.1 Å². The summed E-state index contributed by atoms with van der Waals surface area (Å²) in [5.74, 6) is -0.470. The zero-order valence-corrected chi connectivity index (χ0v) is 13.6. The zero-order valence-electron chi connectivity index (χ0n) is 12.8. The van der Waals surface area contributed by atoms with Gasteiger partial charge in [0.2, 0.25) is 0 Å². The second-order valence-corrected chi connectivity index (χ2v) is 6.91. The fourth-order valence-electron chi connectivity index (χ4n) is 3.11. The minimum Gasteiger partial charge on any atom is -0.381 e. The van der Waals surface area contributed by atoms with Crippen LogP contribution in [-0.4, -0.2) is 72.8 Å². The average Bonchev–Trinajstić information content (AvgIpc) is 2.77. The van der Waals surface area contributed by atoms with Crippen molar-refractivity contribution in [1.82, 2.24) is 15.4 Å². The van der Waals surface area contributed by atoms with Crippen LogP contribution in [0.2, 0.25) is 0 Å². The number of rotatable bonds is 5. The van der Waals surface area contributed by atoms with Crippen LogP contribution >= 0.6 is 0 Å². The maximum atomic E-state index is 12.3. The van der Waals surface area contributed by atoms with Crippen molar-refractivity contribution in [3.05, 3.63) is 0 Å². The molecular formula is C12H19N3O8S. The zero-order chi connectivity index (χ0) is 17.3. The van der Waals surface area contributed by atoms with Crippen LogP contribution in [0.15, 0.2) is 0 Å². The van der Waals surface area contributed by atoms with Crippen LogP contribution in [0, 0.1) is 0 Å². The maximum Gasteiger partial charge on any atom is 0.418 e. The average molecular weight is 365 g/mol. The summed E-state index contributed by atoms with van der Waals surface area (Å²) in [6, 6.07) is -2.08. The standard InChI is InChI=1S/C12H19N3O8S/c16-11(13-22-9-3-5-21-6-4-9)10-2-1-8-7-14(10)12(17)15(8)23-24(18,19)20/h8-10H,1-7H2,(H,13,16)(H,18,19,20)/t8-,10+/m1/s1. The largest absolute Gasteiger partial charge is 0.418 e. The van der Waals surface area contributed by atoms with Gasteiger partial charge >= 0.3 is 16.4 Å². The lowest BCUT2D eigenvalue weighted by Crippen LogP contribution is -2.50. The highest BCUT2D eigenvalue weighted by molar-refractivity contribution is 7.80. The molecule has 0 unspecified atom stereocenters. The molecule has 0 spiro atoms. The monoisotopic (exact) mass is 365 g/mol. The number of piperidine rings is 1. The van der Waals surface area contributed by atoms with Crippen molar-refractivity contribution in [2.45, 2.75) is 43.9 Å². The molecule has 0 aliphatic carbocycles. The first-order valence-electron chi connectivity index (χ1n) is 7.65. The number of hydroxylamine groups is 3. The van der Waals surface area contributed by atoms with Crippen molar-refractivity contribution >= 4 is 22.3 Å². The minimum atomic E-state index is -4.80. The highest BCUT2D eigenvalue weighted by Gasteiger charge is 2.49. The topological polar surface area (TPSA) is 135 Å². The van der Waals surface area contributed by atoms with Crippen LogP contribution in [0.1, 0.15) is 25.7 Å². The third-order valence-electron chi connectivity index (χ3n) is 4.29. The fraction of sp³-hybridized carbons (Fsp3) is 0.833. The van der Waals surface area contributed by atoms with Crippen molar-refractivity contribution in [2.75, 3.05) is 19.8 Å². The second kappa shape index (κ2) is 6.80. The molecule has 24 heavy (non-hydrogen) atoms. The van der Waals surface area contributed by atoms with Gasteiger partial charge in [-0.3, -0.25) is 14.2 Å². The van der Waals surface area contributed by atoms with Crippen LogP contribution in [0.3, 0.4) is 0 Å². The molecular weight excluding hydrogens is 346 g/mol. The molecule has 3 aliphatic heterocycles. The summed E-state index contributed by atoms with van der Waals surface area (Å²) < 4.78 is 39.9. The number of hydrogen-bond acceptors (Lipinski definition) is 7. The van der Waals surface area contributed by atoms with Gasteiger partial charge in [0, 0.05) is 19.8 Å². The number of urea groups is 1. The van der Waals surface area contributed by atoms with Gasteiger partial charge in [0.1, 0.15) is 6.04 Å². The van der Waals surface area contributed by atoms with E-state index in [4.69, 9.17) is 14.1 Å². The number of carbonyl (C=O) groups is 2. The number of hydrogen-bond donors (Lipinski definition) is 2. The summed E-state index contributed by atoms with van der Waals surface area (Å²) >= 11 is 0. The molecule has 3 saturated heterocycles. The summed E-state index contributed by atoms with van der Waals surface area (Å²) in [5, 5.41) is 0.599. The van der Waals surface area contributed by atoms with Gasteiger partial charge in [0.25, 0.3) is 5.91 Å². The molecule has 12 heteroatoms. The molecule has 136 valence electrons. The number of nitrogens with one attached hydrogen (secondary N) is 1. The SMILES string of the molecule is O=C(NOC1CCOCC1)[C@@H]1CC[C@@H]2CN1C(=O)N2OS(=O)(=O)O. The molecule has 3 fully saturated rings. The van der Waals surface area contributed by atoms with Crippen LogP contribution in [0.5, 0.6) is 0 Å². The van der Waals surface area contributed by atoms with E-state index >= 15 is 0 Å². The Kier molecular flexibility index (Phi) is 4.92. The number of nitrogens with zero attached hydrogens (tertiary/aromatic N) is 2. The summed E-state index contributed by atoms with van der Waals surface area (Å²) in [5.41, 5.74) is 2.37. The van der Waals surface area contributed by atoms with E-state index in [1.807, 2.05) is 0 Å². The summed E-state index contributed by atoms with van der Waals surface area (Å²) in [4.78, 5) is 31.0. The number of amides is 3. The van der Waals surface area contributed by atoms with E-state index in [9.17, 15) is 18.0 Å². The molecule has 3 heterocycles. The van der Waals surface area contributed by atoms with Crippen LogP contribution in [0.25, 0.3) is 0 Å². The Morgan fingerprint density at radius 1 is 1.25 bits per heavy atom. The number of fused-ring (bicyclic) bond motifs is 2. The minimum absolute atomic E-state index is 0.132. The lowest BCUT2D eigenvalue weighted by molar-refractivity contribution is -0.148. The molecule has 2 bridgehead atoms. The normalized spacial score (nSPS) is 28.3. The Morgan fingerprint density at radius 3 is 2.62 bits per heavy atom. The third kappa shape index (κ3) is 3.78. The van der Waals surface area contributed by atoms with E-state index in [1.54, 1.807) is 0 Å². The molecule has 3 aliphatic rings. The van der Waals surface area contributed by atoms with Crippen molar-refractivity contribution in [3.8, 4) is 0 Å². The van der Waals surface area contributed by atoms with Gasteiger partial charge in [0.05, 0.1) is 12.1 Å². The third-order valence-corrected chi connectivity index (χ3v) is 4.64. The van der Waals surface area contributed by atoms with Crippen molar-refractivity contribution in [1.29, 1.82) is 0 Å². The molecule has 2 atom stereocenters. The highest BCUT2D eigenvalue weighted by Crippen LogP contribution is 2.30. The van der Waals surface area contributed by atoms with E-state index in [-0.39, 0.29) is 12.6 Å². The van der Waals surface area contributed by atoms with Crippen LogP contribution in [0.4, 0.5) is 4.79 Å². The molecule has 0 aromatic rings. The Hall–Kier alpha value is -1.47. The Balaban J connectivity index is 1.58. The molecule has 11 nitrogen and oxygen atoms in total. The molecule has 2 N–H and O–H groups in total. The number of ether oxygens (including phenoxy) is 1. The first-order chi connectivity index (χ1) is 11.3. The van der Waals surface area contributed by atoms with Crippen molar-refractivity contribution in [3.63, 3.8) is 0 Å². The van der Waals surface area contributed by atoms with Gasteiger partial charge in [-0.2, -0.15) is 13.5 Å². The lowest BCUT2D eigenvalue weighted by Gasteiger charge is -2.30. The Morgan fingerprint density at radius 2 is 1.96 bits per heavy atom. The molecule has 3 amide bonds. The molecule has 0 aromatic carbocycles. The second-order valence-electron chi connectivity index (χ2n) is 5.91. The first kappa shape index (κ1) is 17.4. The van der Waals surface area contributed by atoms with Gasteiger partial charge in [-0.15, -0.1) is 4.28 Å². The number of carbonyl (C=O) groups excluding carboxylic acids is 2. The van der Waals surface area contributed by atoms with Gasteiger partial charge in [-0.25, -0.2) is 10.3 Å². The summed E-state index contributed by atoms with van der Waals surface area (Å²) in [6.45, 7) is 1.28. The molecule has 0 aromatic heterocycles. The van der Waals surface area contributed by atoms with Gasteiger partial charge in [-0.1, -0.05) is 0 Å². The quantitative estimate of drug-likeness (QED) is 0.478. The van der Waals surface area contributed by atoms with E-state index in [0.29, 0.717) is 44.0 Å². The van der Waals surface area contributed by atoms with Crippen molar-refractivity contribution < 1.29 is 36.4 Å². The van der Waals surface area contributed by atoms with Crippen LogP contribution < -0.4 is 5.48 Å². The van der Waals surface area contributed by atoms with E-state index in [0.717, 1.165) is 0 Å². The van der Waals surface area contributed by atoms with Crippen molar-refractivity contribution in [2.24, 2.45) is 0 Å². The smallest absolute Gasteiger partial charge is 0.381 e. The Labute approximate surface area is 138 Å². The summed E-state index contributed by atoms with van der Waals surface area (Å²) in [6.07, 6.45) is 1.92. The van der Waals surface area contributed by atoms with Gasteiger partial charge < -0.3 is 9.64 Å². The predicted octanol–water partition coefficient (Wildman–Crippen LogP) is -0.784. The molecule has 0 saturated carbocycles. The van der Waals surface area contributed by atoms with Gasteiger partial charge in [-0.05, 0) is 25.7 Å². The highest BCUT2D eigenvalue weighted by atomic mass is 32.3. The van der Waals surface area contributed by atoms with E-state index in [1.165, 1.54) is 4.90 Å². The van der Waals surface area contributed by atoms with E-state index < -0.39 is 34.4 Å². The molecule has 0 radical (unpaired) electrons. The fourth-order valence-corrected chi connectivity index (χ4v) is 3.50. The molecule has 3 rings (SSSR count). The maximum absolute atomic E-state index is 12.3. The van der Waals surface area contributed by atoms with Gasteiger partial charge in [0.15, 0.2) is 0 Å². The van der Waals surface area contributed by atoms with E-state index in [2.05, 4.69) is 9.76 Å². The lowest BCUT2D eigenvalue weighted by atomic mass is 10.0. The first-order valence-corrected chi connectivity index (χ1v) is 9.02. The summed E-state index contributed by atoms with van der Waals surface area (Å²) in [7, 11) is -4.80. The Bertz CT molecular complexity index is 605. The predicted molar refractivity (Wildman–Crippen MR) is 76.5 cm³/mol.